The van der Waals surface area contributed by atoms with E-state index in [4.69, 9.17) is 9.84 Å². The second kappa shape index (κ2) is 6.52. The molecule has 5 heteroatoms. The molecule has 1 aromatic carbocycles. The molecule has 1 aromatic rings. The van der Waals surface area contributed by atoms with Crippen molar-refractivity contribution in [2.75, 3.05) is 6.54 Å². The number of aliphatic carboxylic acids is 1. The molecule has 0 aliphatic carbocycles. The first kappa shape index (κ1) is 13.0. The van der Waals surface area contributed by atoms with Gasteiger partial charge in [0.25, 0.3) is 0 Å². The maximum Gasteiger partial charge on any atom is 0.407 e. The molecule has 0 saturated carbocycles. The summed E-state index contributed by atoms with van der Waals surface area (Å²) in [5.74, 6) is -0.955. The molecule has 0 aromatic heterocycles. The average molecular weight is 237 g/mol. The van der Waals surface area contributed by atoms with Crippen LogP contribution in [0.25, 0.3) is 0 Å². The zero-order valence-electron chi connectivity index (χ0n) is 9.60. The van der Waals surface area contributed by atoms with Crippen molar-refractivity contribution in [1.29, 1.82) is 0 Å². The van der Waals surface area contributed by atoms with Gasteiger partial charge in [0.1, 0.15) is 6.61 Å². The smallest absolute Gasteiger partial charge is 0.407 e. The summed E-state index contributed by atoms with van der Waals surface area (Å²) in [5, 5.41) is 10.7. The van der Waals surface area contributed by atoms with Crippen molar-refractivity contribution in [3.05, 3.63) is 35.4 Å². The highest BCUT2D eigenvalue weighted by Crippen LogP contribution is 2.05. The van der Waals surface area contributed by atoms with E-state index in [1.165, 1.54) is 0 Å². The predicted octanol–water partition coefficient (Wildman–Crippen LogP) is 1.70. The van der Waals surface area contributed by atoms with Crippen LogP contribution in [0.1, 0.15) is 17.5 Å². The summed E-state index contributed by atoms with van der Waals surface area (Å²) in [6.45, 7) is 2.21. The Bertz CT molecular complexity index is 403. The zero-order valence-corrected chi connectivity index (χ0v) is 9.60. The number of carboxylic acid groups (broad SMARTS) is 1. The Balaban J connectivity index is 2.26. The van der Waals surface area contributed by atoms with Crippen LogP contribution in [0.2, 0.25) is 0 Å². The van der Waals surface area contributed by atoms with Crippen LogP contribution in [0.3, 0.4) is 0 Å². The van der Waals surface area contributed by atoms with Gasteiger partial charge in [-0.3, -0.25) is 4.79 Å². The summed E-state index contributed by atoms with van der Waals surface area (Å²) in [7, 11) is 0. The van der Waals surface area contributed by atoms with Gasteiger partial charge in [-0.15, -0.1) is 0 Å². The summed E-state index contributed by atoms with van der Waals surface area (Å²) in [6, 6.07) is 7.62. The molecular formula is C12H15NO4. The number of alkyl carbamates (subject to hydrolysis) is 1. The molecule has 0 aliphatic heterocycles. The lowest BCUT2D eigenvalue weighted by Gasteiger charge is -2.06. The van der Waals surface area contributed by atoms with Gasteiger partial charge in [-0.2, -0.15) is 0 Å². The molecule has 0 unspecified atom stereocenters. The molecule has 92 valence electrons. The Hall–Kier alpha value is -2.04. The van der Waals surface area contributed by atoms with E-state index in [1.54, 1.807) is 0 Å². The van der Waals surface area contributed by atoms with E-state index >= 15 is 0 Å². The fraction of sp³-hybridized carbons (Fsp3) is 0.333. The van der Waals surface area contributed by atoms with Gasteiger partial charge in [-0.1, -0.05) is 29.8 Å². The van der Waals surface area contributed by atoms with Crippen LogP contribution in [0.4, 0.5) is 4.79 Å². The molecule has 0 bridgehead atoms. The summed E-state index contributed by atoms with van der Waals surface area (Å²) in [5.41, 5.74) is 2.00. The number of hydrogen-bond acceptors (Lipinski definition) is 3. The van der Waals surface area contributed by atoms with Gasteiger partial charge in [0, 0.05) is 6.54 Å². The lowest BCUT2D eigenvalue weighted by molar-refractivity contribution is -0.136. The highest BCUT2D eigenvalue weighted by molar-refractivity contribution is 5.70. The topological polar surface area (TPSA) is 75.6 Å². The molecule has 5 nitrogen and oxygen atoms in total. The Labute approximate surface area is 99.4 Å². The van der Waals surface area contributed by atoms with Crippen LogP contribution in [0.15, 0.2) is 24.3 Å². The number of ether oxygens (including phenoxy) is 1. The number of aryl methyl sites for hydroxylation is 1. The first-order valence-corrected chi connectivity index (χ1v) is 5.26. The van der Waals surface area contributed by atoms with E-state index in [9.17, 15) is 9.59 Å². The number of carbonyl (C=O) groups is 2. The molecule has 0 fully saturated rings. The number of carbonyl (C=O) groups excluding carboxylic acids is 1. The number of amides is 1. The summed E-state index contributed by atoms with van der Waals surface area (Å²) < 4.78 is 4.92. The number of nitrogens with one attached hydrogen (secondary N) is 1. The average Bonchev–Trinajstić information content (AvgIpc) is 2.26. The standard InChI is InChI=1S/C12H15NO4/c1-9-3-2-4-10(7-9)8-17-12(16)13-6-5-11(14)15/h2-4,7H,5-6,8H2,1H3,(H,13,16)(H,14,15). The number of rotatable bonds is 5. The molecular weight excluding hydrogens is 222 g/mol. The van der Waals surface area contributed by atoms with Crippen molar-refractivity contribution >= 4 is 12.1 Å². The third-order valence-corrected chi connectivity index (χ3v) is 2.06. The maximum absolute atomic E-state index is 11.2. The fourth-order valence-electron chi connectivity index (χ4n) is 1.27. The highest BCUT2D eigenvalue weighted by atomic mass is 16.5. The number of carboxylic acids is 1. The van der Waals surface area contributed by atoms with Crippen molar-refractivity contribution in [2.45, 2.75) is 20.0 Å². The van der Waals surface area contributed by atoms with Crippen molar-refractivity contribution in [1.82, 2.24) is 5.32 Å². The molecule has 0 heterocycles. The van der Waals surface area contributed by atoms with Crippen molar-refractivity contribution in [3.8, 4) is 0 Å². The van der Waals surface area contributed by atoms with Gasteiger partial charge < -0.3 is 15.2 Å². The quantitative estimate of drug-likeness (QED) is 0.817. The molecule has 2 N–H and O–H groups in total. The van der Waals surface area contributed by atoms with Crippen molar-refractivity contribution < 1.29 is 19.4 Å². The Morgan fingerprint density at radius 2 is 2.18 bits per heavy atom. The second-order valence-electron chi connectivity index (χ2n) is 3.64. The highest BCUT2D eigenvalue weighted by Gasteiger charge is 2.03. The van der Waals surface area contributed by atoms with Gasteiger partial charge >= 0.3 is 12.1 Å². The molecule has 1 rings (SSSR count). The van der Waals surface area contributed by atoms with E-state index in [2.05, 4.69) is 5.32 Å². The lowest BCUT2D eigenvalue weighted by atomic mass is 10.1. The van der Waals surface area contributed by atoms with E-state index < -0.39 is 12.1 Å². The lowest BCUT2D eigenvalue weighted by Crippen LogP contribution is -2.26. The number of benzene rings is 1. The monoisotopic (exact) mass is 237 g/mol. The third kappa shape index (κ3) is 5.55. The van der Waals surface area contributed by atoms with Gasteiger partial charge in [0.05, 0.1) is 6.42 Å². The molecule has 0 aliphatic rings. The van der Waals surface area contributed by atoms with Crippen LogP contribution in [-0.2, 0) is 16.1 Å². The molecule has 17 heavy (non-hydrogen) atoms. The van der Waals surface area contributed by atoms with Gasteiger partial charge in [-0.25, -0.2) is 4.79 Å². The normalized spacial score (nSPS) is 9.71. The molecule has 1 amide bonds. The Kier molecular flexibility index (Phi) is 5.00. The van der Waals surface area contributed by atoms with E-state index in [0.29, 0.717) is 0 Å². The van der Waals surface area contributed by atoms with Gasteiger partial charge in [0.15, 0.2) is 0 Å². The summed E-state index contributed by atoms with van der Waals surface area (Å²) >= 11 is 0. The van der Waals surface area contributed by atoms with Crippen LogP contribution >= 0.6 is 0 Å². The Morgan fingerprint density at radius 1 is 1.41 bits per heavy atom. The van der Waals surface area contributed by atoms with Crippen molar-refractivity contribution in [2.24, 2.45) is 0 Å². The van der Waals surface area contributed by atoms with E-state index in [0.717, 1.165) is 11.1 Å². The minimum atomic E-state index is -0.955. The fourth-order valence-corrected chi connectivity index (χ4v) is 1.27. The Morgan fingerprint density at radius 3 is 2.82 bits per heavy atom. The van der Waals surface area contributed by atoms with Gasteiger partial charge in [-0.05, 0) is 12.5 Å². The maximum atomic E-state index is 11.2. The zero-order chi connectivity index (χ0) is 12.7. The van der Waals surface area contributed by atoms with E-state index in [-0.39, 0.29) is 19.6 Å². The first-order chi connectivity index (χ1) is 8.08. The summed E-state index contributed by atoms with van der Waals surface area (Å²) in [4.78, 5) is 21.4. The SMILES string of the molecule is Cc1cccc(COC(=O)NCCC(=O)O)c1. The summed E-state index contributed by atoms with van der Waals surface area (Å²) in [6.07, 6.45) is -0.715. The predicted molar refractivity (Wildman–Crippen MR) is 61.6 cm³/mol. The van der Waals surface area contributed by atoms with Crippen molar-refractivity contribution in [3.63, 3.8) is 0 Å². The third-order valence-electron chi connectivity index (χ3n) is 2.06. The van der Waals surface area contributed by atoms with Gasteiger partial charge in [0.2, 0.25) is 0 Å². The minimum Gasteiger partial charge on any atom is -0.481 e. The minimum absolute atomic E-state index is 0.0714. The molecule has 0 radical (unpaired) electrons. The van der Waals surface area contributed by atoms with Crippen LogP contribution in [0, 0.1) is 6.92 Å². The molecule has 0 atom stereocenters. The largest absolute Gasteiger partial charge is 0.481 e. The van der Waals surface area contributed by atoms with Crippen LogP contribution < -0.4 is 5.32 Å². The van der Waals surface area contributed by atoms with Crippen LogP contribution in [-0.4, -0.2) is 23.7 Å². The van der Waals surface area contributed by atoms with Crippen LogP contribution in [0.5, 0.6) is 0 Å². The second-order valence-corrected chi connectivity index (χ2v) is 3.64. The molecule has 0 spiro atoms. The first-order valence-electron chi connectivity index (χ1n) is 5.26. The molecule has 0 saturated heterocycles. The van der Waals surface area contributed by atoms with E-state index in [1.807, 2.05) is 31.2 Å². The number of hydrogen-bond donors (Lipinski definition) is 2.